The normalized spacial score (nSPS) is 10.6. The van der Waals surface area contributed by atoms with Crippen LogP contribution in [0.4, 0.5) is 0 Å². The van der Waals surface area contributed by atoms with Crippen molar-refractivity contribution in [2.45, 2.75) is 19.9 Å². The quantitative estimate of drug-likeness (QED) is 0.850. The topological polar surface area (TPSA) is 35.2 Å². The van der Waals surface area contributed by atoms with E-state index in [1.54, 1.807) is 0 Å². The van der Waals surface area contributed by atoms with Crippen molar-refractivity contribution >= 4 is 10.8 Å². The molecule has 0 unspecified atom stereocenters. The molecule has 0 saturated heterocycles. The Balaban J connectivity index is 2.43. The average molecular weight is 215 g/mol. The first-order valence-corrected chi connectivity index (χ1v) is 5.69. The lowest BCUT2D eigenvalue weighted by molar-refractivity contribution is 0.321. The maximum Gasteiger partial charge on any atom is 0.127 e. The minimum absolute atomic E-state index is 0.579. The van der Waals surface area contributed by atoms with Crippen LogP contribution in [0, 0.1) is 0 Å². The minimum Gasteiger partial charge on any atom is -0.493 e. The first-order valence-electron chi connectivity index (χ1n) is 5.69. The van der Waals surface area contributed by atoms with Crippen LogP contribution < -0.4 is 10.5 Å². The van der Waals surface area contributed by atoms with Gasteiger partial charge in [-0.2, -0.15) is 0 Å². The van der Waals surface area contributed by atoms with Crippen molar-refractivity contribution < 1.29 is 4.74 Å². The van der Waals surface area contributed by atoms with E-state index in [4.69, 9.17) is 10.5 Å². The van der Waals surface area contributed by atoms with Gasteiger partial charge in [0, 0.05) is 11.9 Å². The molecule has 2 N–H and O–H groups in total. The SMILES string of the molecule is CCCOc1cccc2cc(CN)ccc12. The third-order valence-corrected chi connectivity index (χ3v) is 2.60. The molecule has 2 aromatic carbocycles. The molecule has 0 saturated carbocycles. The zero-order valence-electron chi connectivity index (χ0n) is 9.57. The van der Waals surface area contributed by atoms with Crippen LogP contribution in [0.5, 0.6) is 5.75 Å². The molecule has 2 aromatic rings. The van der Waals surface area contributed by atoms with Gasteiger partial charge in [0.2, 0.25) is 0 Å². The summed E-state index contributed by atoms with van der Waals surface area (Å²) in [4.78, 5) is 0. The lowest BCUT2D eigenvalue weighted by Gasteiger charge is -2.09. The van der Waals surface area contributed by atoms with E-state index in [0.717, 1.165) is 29.7 Å². The number of nitrogens with two attached hydrogens (primary N) is 1. The molecule has 0 bridgehead atoms. The molecule has 84 valence electrons. The van der Waals surface area contributed by atoms with E-state index in [2.05, 4.69) is 31.2 Å². The summed E-state index contributed by atoms with van der Waals surface area (Å²) in [6, 6.07) is 12.4. The molecule has 0 fully saturated rings. The molecule has 0 radical (unpaired) electrons. The van der Waals surface area contributed by atoms with Gasteiger partial charge in [-0.25, -0.2) is 0 Å². The molecular weight excluding hydrogens is 198 g/mol. The number of ether oxygens (including phenoxy) is 1. The Morgan fingerprint density at radius 2 is 2.06 bits per heavy atom. The van der Waals surface area contributed by atoms with Gasteiger partial charge in [-0.05, 0) is 29.5 Å². The van der Waals surface area contributed by atoms with Crippen molar-refractivity contribution in [1.82, 2.24) is 0 Å². The fourth-order valence-electron chi connectivity index (χ4n) is 1.77. The summed E-state index contributed by atoms with van der Waals surface area (Å²) in [6.07, 6.45) is 1.03. The Kier molecular flexibility index (Phi) is 3.42. The van der Waals surface area contributed by atoms with Crippen molar-refractivity contribution in [1.29, 1.82) is 0 Å². The van der Waals surface area contributed by atoms with E-state index in [9.17, 15) is 0 Å². The van der Waals surface area contributed by atoms with E-state index in [1.165, 1.54) is 5.39 Å². The van der Waals surface area contributed by atoms with Crippen LogP contribution in [0.1, 0.15) is 18.9 Å². The zero-order chi connectivity index (χ0) is 11.4. The molecule has 0 atom stereocenters. The van der Waals surface area contributed by atoms with Crippen molar-refractivity contribution in [3.05, 3.63) is 42.0 Å². The highest BCUT2D eigenvalue weighted by Crippen LogP contribution is 2.26. The molecular formula is C14H17NO. The molecule has 2 heteroatoms. The summed E-state index contributed by atoms with van der Waals surface area (Å²) in [5.41, 5.74) is 6.78. The van der Waals surface area contributed by atoms with E-state index >= 15 is 0 Å². The van der Waals surface area contributed by atoms with Gasteiger partial charge in [0.05, 0.1) is 6.61 Å². The zero-order valence-corrected chi connectivity index (χ0v) is 9.57. The smallest absolute Gasteiger partial charge is 0.127 e. The first-order chi connectivity index (χ1) is 7.85. The Hall–Kier alpha value is -1.54. The second-order valence-electron chi connectivity index (χ2n) is 3.86. The summed E-state index contributed by atoms with van der Waals surface area (Å²) < 4.78 is 5.71. The van der Waals surface area contributed by atoms with Gasteiger partial charge in [0.15, 0.2) is 0 Å². The van der Waals surface area contributed by atoms with Crippen LogP contribution in [-0.4, -0.2) is 6.61 Å². The second-order valence-corrected chi connectivity index (χ2v) is 3.86. The number of benzene rings is 2. The lowest BCUT2D eigenvalue weighted by Crippen LogP contribution is -1.97. The van der Waals surface area contributed by atoms with Gasteiger partial charge in [-0.1, -0.05) is 31.2 Å². The van der Waals surface area contributed by atoms with Crippen molar-refractivity contribution in [3.63, 3.8) is 0 Å². The van der Waals surface area contributed by atoms with Crippen LogP contribution in [0.15, 0.2) is 36.4 Å². The molecule has 2 nitrogen and oxygen atoms in total. The summed E-state index contributed by atoms with van der Waals surface area (Å²) in [5.74, 6) is 0.961. The van der Waals surface area contributed by atoms with Crippen molar-refractivity contribution in [2.75, 3.05) is 6.61 Å². The van der Waals surface area contributed by atoms with Crippen LogP contribution >= 0.6 is 0 Å². The van der Waals surface area contributed by atoms with Crippen LogP contribution in [0.25, 0.3) is 10.8 Å². The van der Waals surface area contributed by atoms with Crippen molar-refractivity contribution in [2.24, 2.45) is 5.73 Å². The third-order valence-electron chi connectivity index (χ3n) is 2.60. The molecule has 2 rings (SSSR count). The standard InChI is InChI=1S/C14H17NO/c1-2-8-16-14-5-3-4-12-9-11(10-15)6-7-13(12)14/h3-7,9H,2,8,10,15H2,1H3. The van der Waals surface area contributed by atoms with E-state index < -0.39 is 0 Å². The fraction of sp³-hybridized carbons (Fsp3) is 0.286. The molecule has 0 aromatic heterocycles. The summed E-state index contributed by atoms with van der Waals surface area (Å²) in [7, 11) is 0. The number of hydrogen-bond acceptors (Lipinski definition) is 2. The maximum atomic E-state index is 5.71. The van der Waals surface area contributed by atoms with Crippen LogP contribution in [0.2, 0.25) is 0 Å². The van der Waals surface area contributed by atoms with Crippen LogP contribution in [0.3, 0.4) is 0 Å². The van der Waals surface area contributed by atoms with E-state index in [1.807, 2.05) is 12.1 Å². The maximum absolute atomic E-state index is 5.71. The summed E-state index contributed by atoms with van der Waals surface area (Å²) >= 11 is 0. The number of fused-ring (bicyclic) bond motifs is 1. The average Bonchev–Trinajstić information content (AvgIpc) is 2.35. The molecule has 16 heavy (non-hydrogen) atoms. The number of rotatable bonds is 4. The second kappa shape index (κ2) is 4.99. The van der Waals surface area contributed by atoms with Gasteiger partial charge in [0.1, 0.15) is 5.75 Å². The summed E-state index contributed by atoms with van der Waals surface area (Å²) in [5, 5.41) is 2.35. The number of hydrogen-bond donors (Lipinski definition) is 1. The first kappa shape index (κ1) is 11.0. The van der Waals surface area contributed by atoms with Crippen LogP contribution in [-0.2, 0) is 6.54 Å². The third kappa shape index (κ3) is 2.17. The highest BCUT2D eigenvalue weighted by molar-refractivity contribution is 5.88. The molecule has 0 aliphatic heterocycles. The largest absolute Gasteiger partial charge is 0.493 e. The van der Waals surface area contributed by atoms with Gasteiger partial charge < -0.3 is 10.5 Å². The molecule has 0 aliphatic carbocycles. The Labute approximate surface area is 96.0 Å². The van der Waals surface area contributed by atoms with Gasteiger partial charge >= 0.3 is 0 Å². The van der Waals surface area contributed by atoms with E-state index in [-0.39, 0.29) is 0 Å². The highest BCUT2D eigenvalue weighted by Gasteiger charge is 2.01. The Morgan fingerprint density at radius 1 is 1.19 bits per heavy atom. The molecule has 0 spiro atoms. The highest BCUT2D eigenvalue weighted by atomic mass is 16.5. The molecule has 0 aliphatic rings. The lowest BCUT2D eigenvalue weighted by atomic mass is 10.1. The van der Waals surface area contributed by atoms with Crippen molar-refractivity contribution in [3.8, 4) is 5.75 Å². The minimum atomic E-state index is 0.579. The molecule has 0 heterocycles. The van der Waals surface area contributed by atoms with E-state index in [0.29, 0.717) is 6.54 Å². The monoisotopic (exact) mass is 215 g/mol. The van der Waals surface area contributed by atoms with Gasteiger partial charge in [0.25, 0.3) is 0 Å². The fourth-order valence-corrected chi connectivity index (χ4v) is 1.77. The molecule has 0 amide bonds. The predicted octanol–water partition coefficient (Wildman–Crippen LogP) is 3.09. The van der Waals surface area contributed by atoms with Gasteiger partial charge in [-0.3, -0.25) is 0 Å². The predicted molar refractivity (Wildman–Crippen MR) is 67.6 cm³/mol. The Morgan fingerprint density at radius 3 is 2.81 bits per heavy atom. The van der Waals surface area contributed by atoms with Gasteiger partial charge in [-0.15, -0.1) is 0 Å². The summed E-state index contributed by atoms with van der Waals surface area (Å²) in [6.45, 7) is 3.45. The Bertz CT molecular complexity index is 479.